The standard InChI is InChI=1S/C20H33N5O2S/c1-4-27-20(26)25-12-10-24(11-13-25)19(21-2)22-15-16-7-5-9-23(3)18(16)17-8-6-14-28-17/h6,8,14,16,18H,4-5,7,9-13,15H2,1-3H3,(H,21,22). The van der Waals surface area contributed by atoms with E-state index in [4.69, 9.17) is 4.74 Å². The maximum atomic E-state index is 11.9. The molecule has 0 saturated carbocycles. The molecular weight excluding hydrogens is 374 g/mol. The van der Waals surface area contributed by atoms with Gasteiger partial charge in [-0.1, -0.05) is 6.07 Å². The predicted octanol–water partition coefficient (Wildman–Crippen LogP) is 2.48. The van der Waals surface area contributed by atoms with Crippen molar-refractivity contribution in [1.82, 2.24) is 20.0 Å². The molecule has 2 unspecified atom stereocenters. The van der Waals surface area contributed by atoms with E-state index in [0.717, 1.165) is 32.1 Å². The number of likely N-dealkylation sites (tertiary alicyclic amines) is 1. The first-order valence-corrected chi connectivity index (χ1v) is 11.1. The summed E-state index contributed by atoms with van der Waals surface area (Å²) in [5, 5.41) is 5.78. The minimum Gasteiger partial charge on any atom is -0.450 e. The average molecular weight is 408 g/mol. The summed E-state index contributed by atoms with van der Waals surface area (Å²) in [6, 6.07) is 4.88. The van der Waals surface area contributed by atoms with E-state index < -0.39 is 0 Å². The third kappa shape index (κ3) is 4.97. The van der Waals surface area contributed by atoms with Crippen molar-refractivity contribution in [3.8, 4) is 0 Å². The number of piperidine rings is 1. The summed E-state index contributed by atoms with van der Waals surface area (Å²) in [4.78, 5) is 24.3. The van der Waals surface area contributed by atoms with Gasteiger partial charge in [0.15, 0.2) is 5.96 Å². The SMILES string of the molecule is CCOC(=O)N1CCN(C(=NC)NCC2CCCN(C)C2c2cccs2)CC1. The van der Waals surface area contributed by atoms with E-state index in [1.165, 1.54) is 17.7 Å². The number of nitrogens with zero attached hydrogens (tertiary/aromatic N) is 4. The molecule has 1 N–H and O–H groups in total. The van der Waals surface area contributed by atoms with E-state index in [0.29, 0.717) is 31.7 Å². The molecule has 3 rings (SSSR count). The van der Waals surface area contributed by atoms with Gasteiger partial charge >= 0.3 is 6.09 Å². The van der Waals surface area contributed by atoms with Crippen LogP contribution < -0.4 is 5.32 Å². The van der Waals surface area contributed by atoms with Gasteiger partial charge in [-0.3, -0.25) is 9.89 Å². The van der Waals surface area contributed by atoms with Crippen molar-refractivity contribution in [2.24, 2.45) is 10.9 Å². The van der Waals surface area contributed by atoms with Gasteiger partial charge in [-0.25, -0.2) is 4.79 Å². The fraction of sp³-hybridized carbons (Fsp3) is 0.700. The average Bonchev–Trinajstić information content (AvgIpc) is 3.23. The Labute approximate surface area is 172 Å². The van der Waals surface area contributed by atoms with Gasteiger partial charge in [0.25, 0.3) is 0 Å². The van der Waals surface area contributed by atoms with Gasteiger partial charge in [0.2, 0.25) is 0 Å². The molecule has 1 aromatic heterocycles. The Morgan fingerprint density at radius 2 is 2.04 bits per heavy atom. The van der Waals surface area contributed by atoms with Gasteiger partial charge in [-0.15, -0.1) is 11.3 Å². The molecule has 0 aromatic carbocycles. The highest BCUT2D eigenvalue weighted by atomic mass is 32.1. The number of guanidine groups is 1. The number of piperazine rings is 1. The minimum atomic E-state index is -0.214. The van der Waals surface area contributed by atoms with Crippen LogP contribution in [0.3, 0.4) is 0 Å². The number of rotatable bonds is 4. The highest BCUT2D eigenvalue weighted by Crippen LogP contribution is 2.36. The Balaban J connectivity index is 1.54. The molecule has 28 heavy (non-hydrogen) atoms. The van der Waals surface area contributed by atoms with E-state index in [1.54, 1.807) is 4.90 Å². The largest absolute Gasteiger partial charge is 0.450 e. The summed E-state index contributed by atoms with van der Waals surface area (Å²) >= 11 is 1.85. The van der Waals surface area contributed by atoms with E-state index in [-0.39, 0.29) is 6.09 Å². The number of amides is 1. The number of hydrogen-bond acceptors (Lipinski definition) is 5. The van der Waals surface area contributed by atoms with Crippen LogP contribution >= 0.6 is 11.3 Å². The second-order valence-electron chi connectivity index (χ2n) is 7.44. The summed E-state index contributed by atoms with van der Waals surface area (Å²) in [5.74, 6) is 1.50. The van der Waals surface area contributed by atoms with Crippen LogP contribution in [0.25, 0.3) is 0 Å². The zero-order valence-corrected chi connectivity index (χ0v) is 18.1. The predicted molar refractivity (Wildman–Crippen MR) is 114 cm³/mol. The van der Waals surface area contributed by atoms with E-state index in [1.807, 2.05) is 25.3 Å². The molecule has 3 heterocycles. The smallest absolute Gasteiger partial charge is 0.409 e. The molecule has 2 aliphatic rings. The molecule has 0 aliphatic carbocycles. The molecule has 2 saturated heterocycles. The van der Waals surface area contributed by atoms with Crippen LogP contribution in [0.15, 0.2) is 22.5 Å². The third-order valence-corrected chi connectivity index (χ3v) is 6.62. The molecule has 0 bridgehead atoms. The lowest BCUT2D eigenvalue weighted by atomic mass is 9.88. The van der Waals surface area contributed by atoms with Gasteiger partial charge < -0.3 is 19.9 Å². The second-order valence-corrected chi connectivity index (χ2v) is 8.42. The fourth-order valence-corrected chi connectivity index (χ4v) is 5.24. The van der Waals surface area contributed by atoms with Crippen LogP contribution in [0.1, 0.15) is 30.7 Å². The second kappa shape index (κ2) is 10.1. The van der Waals surface area contributed by atoms with Crippen LogP contribution in [0.4, 0.5) is 4.79 Å². The Bertz CT molecular complexity index is 643. The molecule has 2 fully saturated rings. The van der Waals surface area contributed by atoms with Crippen LogP contribution in [0.5, 0.6) is 0 Å². The molecule has 1 aromatic rings. The molecule has 0 spiro atoms. The Morgan fingerprint density at radius 3 is 2.68 bits per heavy atom. The molecule has 156 valence electrons. The molecule has 2 aliphatic heterocycles. The fourth-order valence-electron chi connectivity index (χ4n) is 4.25. The first kappa shape index (κ1) is 20.9. The lowest BCUT2D eigenvalue weighted by Crippen LogP contribution is -2.54. The van der Waals surface area contributed by atoms with Crippen molar-refractivity contribution in [3.63, 3.8) is 0 Å². The molecule has 2 atom stereocenters. The summed E-state index contributed by atoms with van der Waals surface area (Å²) in [5.41, 5.74) is 0. The highest BCUT2D eigenvalue weighted by Gasteiger charge is 2.32. The number of hydrogen-bond donors (Lipinski definition) is 1. The van der Waals surface area contributed by atoms with Crippen LogP contribution in [-0.4, -0.2) is 86.7 Å². The minimum absolute atomic E-state index is 0.214. The van der Waals surface area contributed by atoms with Gasteiger partial charge in [0.05, 0.1) is 6.61 Å². The maximum absolute atomic E-state index is 11.9. The van der Waals surface area contributed by atoms with Gasteiger partial charge in [-0.2, -0.15) is 0 Å². The number of carbonyl (C=O) groups excluding carboxylic acids is 1. The van der Waals surface area contributed by atoms with Crippen molar-refractivity contribution < 1.29 is 9.53 Å². The first-order valence-electron chi connectivity index (χ1n) is 10.2. The molecule has 8 heteroatoms. The van der Waals surface area contributed by atoms with Crippen molar-refractivity contribution >= 4 is 23.4 Å². The molecular formula is C20H33N5O2S. The summed E-state index contributed by atoms with van der Waals surface area (Å²) in [6.45, 7) is 7.22. The number of aliphatic imine (C=N–C) groups is 1. The number of ether oxygens (including phenoxy) is 1. The van der Waals surface area contributed by atoms with Crippen molar-refractivity contribution in [2.75, 3.05) is 60.0 Å². The van der Waals surface area contributed by atoms with Gasteiger partial charge in [0, 0.05) is 50.7 Å². The Morgan fingerprint density at radius 1 is 1.29 bits per heavy atom. The van der Waals surface area contributed by atoms with Gasteiger partial charge in [0.1, 0.15) is 0 Å². The normalized spacial score (nSPS) is 24.3. The molecule has 0 radical (unpaired) electrons. The zero-order chi connectivity index (χ0) is 19.9. The summed E-state index contributed by atoms with van der Waals surface area (Å²) < 4.78 is 5.11. The number of carbonyl (C=O) groups is 1. The quantitative estimate of drug-likeness (QED) is 0.614. The molecule has 7 nitrogen and oxygen atoms in total. The zero-order valence-electron chi connectivity index (χ0n) is 17.3. The Hall–Kier alpha value is -1.80. The maximum Gasteiger partial charge on any atom is 0.409 e. The summed E-state index contributed by atoms with van der Waals surface area (Å²) in [6.07, 6.45) is 2.25. The topological polar surface area (TPSA) is 60.4 Å². The van der Waals surface area contributed by atoms with E-state index in [9.17, 15) is 4.79 Å². The lowest BCUT2D eigenvalue weighted by molar-refractivity contribution is 0.0910. The van der Waals surface area contributed by atoms with Crippen LogP contribution in [0, 0.1) is 5.92 Å². The monoisotopic (exact) mass is 407 g/mol. The van der Waals surface area contributed by atoms with E-state index >= 15 is 0 Å². The first-order chi connectivity index (χ1) is 13.6. The number of thiophene rings is 1. The van der Waals surface area contributed by atoms with Crippen molar-refractivity contribution in [1.29, 1.82) is 0 Å². The lowest BCUT2D eigenvalue weighted by Gasteiger charge is -2.40. The molecule has 1 amide bonds. The number of nitrogens with one attached hydrogen (secondary N) is 1. The van der Waals surface area contributed by atoms with Crippen molar-refractivity contribution in [2.45, 2.75) is 25.8 Å². The Kier molecular flexibility index (Phi) is 7.56. The highest BCUT2D eigenvalue weighted by molar-refractivity contribution is 7.10. The van der Waals surface area contributed by atoms with E-state index in [2.05, 4.69) is 44.7 Å². The third-order valence-electron chi connectivity index (χ3n) is 5.68. The van der Waals surface area contributed by atoms with Crippen LogP contribution in [-0.2, 0) is 4.74 Å². The van der Waals surface area contributed by atoms with Crippen molar-refractivity contribution in [3.05, 3.63) is 22.4 Å². The van der Waals surface area contributed by atoms with Gasteiger partial charge in [-0.05, 0) is 50.7 Å². The summed E-state index contributed by atoms with van der Waals surface area (Å²) in [7, 11) is 4.07. The van der Waals surface area contributed by atoms with Crippen LogP contribution in [0.2, 0.25) is 0 Å².